The molecule has 0 unspecified atom stereocenters. The molecule has 0 heterocycles. The van der Waals surface area contributed by atoms with E-state index in [0.29, 0.717) is 10.6 Å². The normalized spacial score (nSPS) is 10.1. The fraction of sp³-hybridized carbons (Fsp3) is 0.130. The number of aryl methyl sites for hydroxylation is 2. The van der Waals surface area contributed by atoms with Gasteiger partial charge in [0.15, 0.2) is 0 Å². The highest BCUT2D eigenvalue weighted by atomic mass is 35.5. The average Bonchev–Trinajstić information content (AvgIpc) is 2.67. The Balaban J connectivity index is 1.62. The Bertz CT molecular complexity index is 935. The summed E-state index contributed by atoms with van der Waals surface area (Å²) in [5.41, 5.74) is 3.71. The highest BCUT2D eigenvalue weighted by Gasteiger charge is 2.00. The van der Waals surface area contributed by atoms with Crippen LogP contribution in [0.25, 0.3) is 0 Å². The third-order valence-corrected chi connectivity index (χ3v) is 4.32. The minimum Gasteiger partial charge on any atom is -0.497 e. The summed E-state index contributed by atoms with van der Waals surface area (Å²) in [5.74, 6) is 6.30. The minimum atomic E-state index is -0.402. The molecule has 0 radical (unpaired) electrons. The second kappa shape index (κ2) is 8.56. The molecule has 0 spiro atoms. The fourth-order valence-electron chi connectivity index (χ4n) is 2.57. The van der Waals surface area contributed by atoms with E-state index in [2.05, 4.69) is 36.1 Å². The van der Waals surface area contributed by atoms with E-state index in [1.807, 2.05) is 24.3 Å². The Hall–Kier alpha value is -2.76. The minimum absolute atomic E-state index is 0.345. The molecule has 0 aliphatic rings. The first kappa shape index (κ1) is 18.0. The summed E-state index contributed by atoms with van der Waals surface area (Å²) in [7, 11) is 1.67. The second-order valence-electron chi connectivity index (χ2n) is 5.92. The molecular formula is C23H18ClFO. The molecule has 0 aliphatic heterocycles. The van der Waals surface area contributed by atoms with Crippen LogP contribution in [0.5, 0.6) is 5.75 Å². The van der Waals surface area contributed by atoms with Crippen LogP contribution in [0.1, 0.15) is 22.3 Å². The lowest BCUT2D eigenvalue weighted by atomic mass is 10.0. The van der Waals surface area contributed by atoms with Gasteiger partial charge < -0.3 is 4.74 Å². The predicted octanol–water partition coefficient (Wildman–Crippen LogP) is 5.67. The van der Waals surface area contributed by atoms with E-state index >= 15 is 0 Å². The van der Waals surface area contributed by atoms with Gasteiger partial charge in [-0.25, -0.2) is 4.39 Å². The molecule has 3 aromatic carbocycles. The van der Waals surface area contributed by atoms with Crippen molar-refractivity contribution in [3.05, 3.63) is 99.8 Å². The van der Waals surface area contributed by atoms with Gasteiger partial charge in [-0.1, -0.05) is 47.7 Å². The maximum atomic E-state index is 13.7. The Morgan fingerprint density at radius 3 is 2.04 bits per heavy atom. The SMILES string of the molecule is COc1ccc(CCc2ccc(C#Cc3ccc(Cl)cc3F)cc2)cc1. The predicted molar refractivity (Wildman–Crippen MR) is 104 cm³/mol. The smallest absolute Gasteiger partial charge is 0.140 e. The monoisotopic (exact) mass is 364 g/mol. The summed E-state index contributed by atoms with van der Waals surface area (Å²) in [5, 5.41) is 0.370. The Kier molecular flexibility index (Phi) is 5.94. The lowest BCUT2D eigenvalue weighted by molar-refractivity contribution is 0.414. The van der Waals surface area contributed by atoms with Gasteiger partial charge in [-0.15, -0.1) is 0 Å². The van der Waals surface area contributed by atoms with Crippen LogP contribution in [0.4, 0.5) is 4.39 Å². The van der Waals surface area contributed by atoms with Crippen LogP contribution in [0.3, 0.4) is 0 Å². The maximum Gasteiger partial charge on any atom is 0.140 e. The molecule has 0 saturated heterocycles. The lowest BCUT2D eigenvalue weighted by Gasteiger charge is -2.04. The number of hydrogen-bond acceptors (Lipinski definition) is 1. The van der Waals surface area contributed by atoms with Crippen molar-refractivity contribution in [1.29, 1.82) is 0 Å². The molecule has 0 aliphatic carbocycles. The van der Waals surface area contributed by atoms with Gasteiger partial charge in [0.25, 0.3) is 0 Å². The third-order valence-electron chi connectivity index (χ3n) is 4.09. The third kappa shape index (κ3) is 4.88. The van der Waals surface area contributed by atoms with Gasteiger partial charge in [-0.05, 0) is 66.4 Å². The second-order valence-corrected chi connectivity index (χ2v) is 6.36. The van der Waals surface area contributed by atoms with Crippen molar-refractivity contribution in [3.63, 3.8) is 0 Å². The summed E-state index contributed by atoms with van der Waals surface area (Å²) in [6, 6.07) is 20.7. The molecule has 0 N–H and O–H groups in total. The topological polar surface area (TPSA) is 9.23 Å². The highest BCUT2D eigenvalue weighted by Crippen LogP contribution is 2.15. The van der Waals surface area contributed by atoms with E-state index in [1.165, 1.54) is 17.2 Å². The molecule has 0 fully saturated rings. The number of ether oxygens (including phenoxy) is 1. The molecular weight excluding hydrogens is 347 g/mol. The average molecular weight is 365 g/mol. The van der Waals surface area contributed by atoms with Gasteiger partial charge in [0, 0.05) is 10.6 Å². The van der Waals surface area contributed by atoms with Crippen LogP contribution in [0.2, 0.25) is 5.02 Å². The van der Waals surface area contributed by atoms with E-state index in [9.17, 15) is 4.39 Å². The van der Waals surface area contributed by atoms with E-state index in [-0.39, 0.29) is 0 Å². The summed E-state index contributed by atoms with van der Waals surface area (Å²) in [6.45, 7) is 0. The van der Waals surface area contributed by atoms with Crippen LogP contribution in [0.15, 0.2) is 66.7 Å². The molecule has 0 aromatic heterocycles. The highest BCUT2D eigenvalue weighted by molar-refractivity contribution is 6.30. The van der Waals surface area contributed by atoms with E-state index in [0.717, 1.165) is 24.2 Å². The summed E-state index contributed by atoms with van der Waals surface area (Å²) >= 11 is 5.75. The zero-order valence-corrected chi connectivity index (χ0v) is 15.2. The van der Waals surface area contributed by atoms with E-state index in [1.54, 1.807) is 19.2 Å². The van der Waals surface area contributed by atoms with Crippen molar-refractivity contribution in [2.75, 3.05) is 7.11 Å². The number of halogens is 2. The van der Waals surface area contributed by atoms with Crippen LogP contribution in [-0.4, -0.2) is 7.11 Å². The molecule has 0 bridgehead atoms. The number of benzene rings is 3. The maximum absolute atomic E-state index is 13.7. The molecule has 1 nitrogen and oxygen atoms in total. The quantitative estimate of drug-likeness (QED) is 0.542. The van der Waals surface area contributed by atoms with Gasteiger partial charge >= 0.3 is 0 Å². The number of methoxy groups -OCH3 is 1. The van der Waals surface area contributed by atoms with Gasteiger partial charge in [-0.3, -0.25) is 0 Å². The standard InChI is InChI=1S/C23H18ClFO/c1-26-22-14-9-19(10-15-22)7-4-17-2-5-18(6-3-17)8-11-20-12-13-21(24)16-23(20)25/h2-3,5-6,9-10,12-16H,4,7H2,1H3. The first-order valence-electron chi connectivity index (χ1n) is 8.33. The van der Waals surface area contributed by atoms with Crippen LogP contribution in [0, 0.1) is 17.7 Å². The van der Waals surface area contributed by atoms with Crippen molar-refractivity contribution in [2.45, 2.75) is 12.8 Å². The van der Waals surface area contributed by atoms with Gasteiger partial charge in [0.1, 0.15) is 11.6 Å². The van der Waals surface area contributed by atoms with Crippen molar-refractivity contribution in [1.82, 2.24) is 0 Å². The van der Waals surface area contributed by atoms with Crippen LogP contribution < -0.4 is 4.74 Å². The Morgan fingerprint density at radius 1 is 0.846 bits per heavy atom. The molecule has 0 saturated carbocycles. The zero-order valence-electron chi connectivity index (χ0n) is 14.4. The molecule has 0 amide bonds. The summed E-state index contributed by atoms with van der Waals surface area (Å²) in [4.78, 5) is 0. The molecule has 130 valence electrons. The first-order chi connectivity index (χ1) is 12.6. The zero-order chi connectivity index (χ0) is 18.4. The Labute approximate surface area is 158 Å². The van der Waals surface area contributed by atoms with Crippen LogP contribution >= 0.6 is 11.6 Å². The first-order valence-corrected chi connectivity index (χ1v) is 8.71. The largest absolute Gasteiger partial charge is 0.497 e. The summed E-state index contributed by atoms with van der Waals surface area (Å²) < 4.78 is 18.9. The molecule has 3 rings (SSSR count). The lowest BCUT2D eigenvalue weighted by Crippen LogP contribution is -1.92. The molecule has 3 heteroatoms. The summed E-state index contributed by atoms with van der Waals surface area (Å²) in [6.07, 6.45) is 1.91. The fourth-order valence-corrected chi connectivity index (χ4v) is 2.72. The van der Waals surface area contributed by atoms with Crippen LogP contribution in [-0.2, 0) is 12.8 Å². The molecule has 26 heavy (non-hydrogen) atoms. The van der Waals surface area contributed by atoms with E-state index in [4.69, 9.17) is 16.3 Å². The van der Waals surface area contributed by atoms with Crippen molar-refractivity contribution in [3.8, 4) is 17.6 Å². The van der Waals surface area contributed by atoms with E-state index < -0.39 is 5.82 Å². The van der Waals surface area contributed by atoms with Crippen molar-refractivity contribution < 1.29 is 9.13 Å². The number of hydrogen-bond donors (Lipinski definition) is 0. The molecule has 3 aromatic rings. The van der Waals surface area contributed by atoms with Gasteiger partial charge in [0.2, 0.25) is 0 Å². The Morgan fingerprint density at radius 2 is 1.46 bits per heavy atom. The molecule has 0 atom stereocenters. The van der Waals surface area contributed by atoms with Crippen molar-refractivity contribution >= 4 is 11.6 Å². The van der Waals surface area contributed by atoms with Gasteiger partial charge in [0.05, 0.1) is 12.7 Å². The number of rotatable bonds is 4. The van der Waals surface area contributed by atoms with Gasteiger partial charge in [-0.2, -0.15) is 0 Å². The van der Waals surface area contributed by atoms with Crippen molar-refractivity contribution in [2.24, 2.45) is 0 Å².